The third-order valence-electron chi connectivity index (χ3n) is 4.37. The number of hydrogen-bond donors (Lipinski definition) is 1. The van der Waals surface area contributed by atoms with Crippen LogP contribution in [-0.2, 0) is 14.3 Å². The fourth-order valence-corrected chi connectivity index (χ4v) is 3.12. The molecule has 1 amide bonds. The molecule has 0 aliphatic carbocycles. The topological polar surface area (TPSA) is 64.6 Å². The van der Waals surface area contributed by atoms with Crippen molar-refractivity contribution in [3.05, 3.63) is 60.2 Å². The first kappa shape index (κ1) is 17.0. The summed E-state index contributed by atoms with van der Waals surface area (Å²) < 4.78 is 10.7. The molecule has 3 rings (SSSR count). The summed E-state index contributed by atoms with van der Waals surface area (Å²) in [5, 5.41) is 2.86. The van der Waals surface area contributed by atoms with Gasteiger partial charge in [-0.2, -0.15) is 0 Å². The number of ether oxygens (including phenoxy) is 2. The minimum Gasteiger partial charge on any atom is -0.495 e. The van der Waals surface area contributed by atoms with E-state index in [9.17, 15) is 9.59 Å². The van der Waals surface area contributed by atoms with Crippen molar-refractivity contribution in [1.29, 1.82) is 0 Å². The highest BCUT2D eigenvalue weighted by atomic mass is 16.5. The van der Waals surface area contributed by atoms with Crippen LogP contribution in [0.15, 0.2) is 54.6 Å². The predicted octanol–water partition coefficient (Wildman–Crippen LogP) is 3.72. The van der Waals surface area contributed by atoms with Crippen LogP contribution in [0.25, 0.3) is 0 Å². The van der Waals surface area contributed by atoms with Gasteiger partial charge in [0, 0.05) is 12.3 Å². The van der Waals surface area contributed by atoms with Crippen LogP contribution >= 0.6 is 0 Å². The highest BCUT2D eigenvalue weighted by molar-refractivity contribution is 5.92. The van der Waals surface area contributed by atoms with Gasteiger partial charge in [0.05, 0.1) is 19.2 Å². The number of methoxy groups -OCH3 is 1. The molecule has 0 unspecified atom stereocenters. The summed E-state index contributed by atoms with van der Waals surface area (Å²) >= 11 is 0. The van der Waals surface area contributed by atoms with Crippen LogP contribution in [0.2, 0.25) is 0 Å². The second-order valence-electron chi connectivity index (χ2n) is 6.07. The van der Waals surface area contributed by atoms with Crippen molar-refractivity contribution in [3.63, 3.8) is 0 Å². The van der Waals surface area contributed by atoms with Gasteiger partial charge < -0.3 is 14.8 Å². The first-order valence-corrected chi connectivity index (χ1v) is 8.34. The van der Waals surface area contributed by atoms with E-state index in [2.05, 4.69) is 5.32 Å². The highest BCUT2D eigenvalue weighted by Gasteiger charge is 2.35. The van der Waals surface area contributed by atoms with Gasteiger partial charge in [-0.05, 0) is 24.1 Å². The van der Waals surface area contributed by atoms with Gasteiger partial charge in [0.15, 0.2) is 0 Å². The number of carbonyl (C=O) groups is 2. The number of rotatable bonds is 6. The number of carbonyl (C=O) groups excluding carboxylic acids is 2. The summed E-state index contributed by atoms with van der Waals surface area (Å²) in [6.07, 6.45) is 0.990. The van der Waals surface area contributed by atoms with Crippen molar-refractivity contribution in [1.82, 2.24) is 0 Å². The van der Waals surface area contributed by atoms with E-state index in [4.69, 9.17) is 9.47 Å². The van der Waals surface area contributed by atoms with Gasteiger partial charge in [0.1, 0.15) is 11.9 Å². The molecule has 1 heterocycles. The Morgan fingerprint density at radius 3 is 2.64 bits per heavy atom. The molecule has 1 N–H and O–H groups in total. The van der Waals surface area contributed by atoms with E-state index in [1.165, 1.54) is 0 Å². The average molecular weight is 339 g/mol. The van der Waals surface area contributed by atoms with E-state index >= 15 is 0 Å². The molecular formula is C20H21NO4. The molecule has 0 saturated carbocycles. The molecule has 5 nitrogen and oxygen atoms in total. The molecule has 1 aliphatic heterocycles. The minimum atomic E-state index is -0.271. The zero-order valence-electron chi connectivity index (χ0n) is 14.1. The Balaban J connectivity index is 1.60. The lowest BCUT2D eigenvalue weighted by molar-refractivity contribution is -0.141. The summed E-state index contributed by atoms with van der Waals surface area (Å²) in [6, 6.07) is 17.0. The van der Waals surface area contributed by atoms with Crippen molar-refractivity contribution in [2.45, 2.75) is 25.4 Å². The molecule has 130 valence electrons. The number of cyclic esters (lactones) is 1. The summed E-state index contributed by atoms with van der Waals surface area (Å²) in [4.78, 5) is 24.0. The van der Waals surface area contributed by atoms with Gasteiger partial charge in [0.2, 0.25) is 5.91 Å². The van der Waals surface area contributed by atoms with Crippen LogP contribution < -0.4 is 10.1 Å². The number of nitrogens with one attached hydrogen (secondary N) is 1. The Kier molecular flexibility index (Phi) is 5.33. The van der Waals surface area contributed by atoms with Gasteiger partial charge in [-0.3, -0.25) is 9.59 Å². The van der Waals surface area contributed by atoms with Crippen LogP contribution in [0.1, 0.15) is 30.9 Å². The fraction of sp³-hybridized carbons (Fsp3) is 0.300. The smallest absolute Gasteiger partial charge is 0.306 e. The number of esters is 1. The van der Waals surface area contributed by atoms with E-state index in [1.807, 2.05) is 42.5 Å². The van der Waals surface area contributed by atoms with Crippen molar-refractivity contribution in [2.24, 2.45) is 5.92 Å². The molecule has 0 aromatic heterocycles. The molecule has 0 radical (unpaired) electrons. The summed E-state index contributed by atoms with van der Waals surface area (Å²) in [6.45, 7) is 0. The Morgan fingerprint density at radius 2 is 1.88 bits per heavy atom. The molecule has 2 aromatic carbocycles. The molecule has 0 bridgehead atoms. The Morgan fingerprint density at radius 1 is 1.16 bits per heavy atom. The molecule has 2 aromatic rings. The second kappa shape index (κ2) is 7.83. The molecule has 1 saturated heterocycles. The Hall–Kier alpha value is -2.82. The lowest BCUT2D eigenvalue weighted by Gasteiger charge is -2.17. The Labute approximate surface area is 147 Å². The van der Waals surface area contributed by atoms with Gasteiger partial charge in [-0.1, -0.05) is 42.5 Å². The molecule has 1 fully saturated rings. The fourth-order valence-electron chi connectivity index (χ4n) is 3.12. The first-order chi connectivity index (χ1) is 12.2. The van der Waals surface area contributed by atoms with Gasteiger partial charge in [-0.15, -0.1) is 0 Å². The third-order valence-corrected chi connectivity index (χ3v) is 4.37. The lowest BCUT2D eigenvalue weighted by atomic mass is 9.91. The summed E-state index contributed by atoms with van der Waals surface area (Å²) in [5.74, 6) is 0.329. The van der Waals surface area contributed by atoms with E-state index in [1.54, 1.807) is 19.2 Å². The molecule has 5 heteroatoms. The van der Waals surface area contributed by atoms with Crippen molar-refractivity contribution >= 4 is 17.6 Å². The van der Waals surface area contributed by atoms with Crippen molar-refractivity contribution < 1.29 is 19.1 Å². The third kappa shape index (κ3) is 4.18. The van der Waals surface area contributed by atoms with E-state index in [0.29, 0.717) is 30.7 Å². The van der Waals surface area contributed by atoms with E-state index < -0.39 is 0 Å². The van der Waals surface area contributed by atoms with E-state index in [-0.39, 0.29) is 23.9 Å². The van der Waals surface area contributed by atoms with Gasteiger partial charge in [0.25, 0.3) is 0 Å². The monoisotopic (exact) mass is 339 g/mol. The predicted molar refractivity (Wildman–Crippen MR) is 94.2 cm³/mol. The zero-order chi connectivity index (χ0) is 17.6. The molecule has 0 spiro atoms. The average Bonchev–Trinajstić information content (AvgIpc) is 3.02. The number of para-hydroxylation sites is 2. The Bertz CT molecular complexity index is 744. The van der Waals surface area contributed by atoms with Gasteiger partial charge in [-0.25, -0.2) is 0 Å². The van der Waals surface area contributed by atoms with Crippen LogP contribution in [0.5, 0.6) is 5.75 Å². The van der Waals surface area contributed by atoms with Crippen LogP contribution in [0, 0.1) is 5.92 Å². The number of hydrogen-bond acceptors (Lipinski definition) is 4. The molecule has 1 aliphatic rings. The van der Waals surface area contributed by atoms with Crippen LogP contribution in [0.3, 0.4) is 0 Å². The first-order valence-electron chi connectivity index (χ1n) is 8.34. The maximum atomic E-state index is 12.3. The summed E-state index contributed by atoms with van der Waals surface area (Å²) in [7, 11) is 1.57. The number of amides is 1. The maximum absolute atomic E-state index is 12.3. The minimum absolute atomic E-state index is 0.0123. The van der Waals surface area contributed by atoms with Crippen LogP contribution in [-0.4, -0.2) is 19.0 Å². The summed E-state index contributed by atoms with van der Waals surface area (Å²) in [5.41, 5.74) is 1.62. The normalized spacial score (nSPS) is 19.3. The quantitative estimate of drug-likeness (QED) is 0.815. The molecule has 25 heavy (non-hydrogen) atoms. The number of benzene rings is 2. The standard InChI is InChI=1S/C20H21NO4/c1-24-17-10-6-5-9-16(17)21-18(22)12-11-15-13-19(23)25-20(15)14-7-3-2-4-8-14/h2-10,15,20H,11-13H2,1H3,(H,21,22)/t15-,20+/m1/s1. The number of anilines is 1. The SMILES string of the molecule is COc1ccccc1NC(=O)CC[C@@H]1CC(=O)O[C@H]1c1ccccc1. The maximum Gasteiger partial charge on any atom is 0.306 e. The second-order valence-corrected chi connectivity index (χ2v) is 6.07. The van der Waals surface area contributed by atoms with E-state index in [0.717, 1.165) is 5.56 Å². The molecular weight excluding hydrogens is 318 g/mol. The zero-order valence-corrected chi connectivity index (χ0v) is 14.1. The van der Waals surface area contributed by atoms with Crippen LogP contribution in [0.4, 0.5) is 5.69 Å². The van der Waals surface area contributed by atoms with Crippen molar-refractivity contribution in [3.8, 4) is 5.75 Å². The largest absolute Gasteiger partial charge is 0.495 e. The van der Waals surface area contributed by atoms with Crippen molar-refractivity contribution in [2.75, 3.05) is 12.4 Å². The highest BCUT2D eigenvalue weighted by Crippen LogP contribution is 2.38. The molecule has 2 atom stereocenters. The lowest BCUT2D eigenvalue weighted by Crippen LogP contribution is -2.15. The van der Waals surface area contributed by atoms with Gasteiger partial charge >= 0.3 is 5.97 Å².